The summed E-state index contributed by atoms with van der Waals surface area (Å²) in [4.78, 5) is 7.41. The molecule has 138 valence electrons. The second-order valence-electron chi connectivity index (χ2n) is 7.29. The van der Waals surface area contributed by atoms with Gasteiger partial charge in [0.25, 0.3) is 0 Å². The lowest BCUT2D eigenvalue weighted by Gasteiger charge is -2.05. The molecule has 1 aromatic heterocycles. The lowest BCUT2D eigenvalue weighted by Crippen LogP contribution is -1.88. The molecule has 0 saturated carbocycles. The van der Waals surface area contributed by atoms with E-state index in [9.17, 15) is 0 Å². The molecule has 0 aliphatic rings. The highest BCUT2D eigenvalue weighted by atomic mass is 14.9. The standard InChI is InChI=1S/C27H20N2/c1-2-5-20(6-3-1)15-23-10-13-24-12-9-21(16-25(24)17-23)7-4-8-22-11-14-26-27(18-22)29-19-28-26/h1-3,5-6,9-14,16-19H,8,15H2,(H,28,29). The van der Waals surface area contributed by atoms with Gasteiger partial charge in [-0.3, -0.25) is 0 Å². The molecule has 0 atom stereocenters. The summed E-state index contributed by atoms with van der Waals surface area (Å²) >= 11 is 0. The third kappa shape index (κ3) is 3.90. The van der Waals surface area contributed by atoms with Gasteiger partial charge in [-0.05, 0) is 58.1 Å². The van der Waals surface area contributed by atoms with E-state index in [0.717, 1.165) is 29.4 Å². The van der Waals surface area contributed by atoms with Gasteiger partial charge in [0.2, 0.25) is 0 Å². The third-order valence-electron chi connectivity index (χ3n) is 5.17. The van der Waals surface area contributed by atoms with Gasteiger partial charge >= 0.3 is 0 Å². The van der Waals surface area contributed by atoms with Crippen LogP contribution in [0.25, 0.3) is 21.8 Å². The van der Waals surface area contributed by atoms with E-state index in [2.05, 4.69) is 101 Å². The van der Waals surface area contributed by atoms with E-state index < -0.39 is 0 Å². The molecule has 0 bridgehead atoms. The number of rotatable bonds is 3. The number of aromatic nitrogens is 2. The van der Waals surface area contributed by atoms with Crippen LogP contribution in [-0.2, 0) is 12.8 Å². The molecule has 1 N–H and O–H groups in total. The Kier molecular flexibility index (Phi) is 4.56. The number of hydrogen-bond acceptors (Lipinski definition) is 1. The first-order chi connectivity index (χ1) is 14.3. The predicted octanol–water partition coefficient (Wildman–Crippen LogP) is 5.90. The number of fused-ring (bicyclic) bond motifs is 2. The topological polar surface area (TPSA) is 28.7 Å². The van der Waals surface area contributed by atoms with Crippen LogP contribution >= 0.6 is 0 Å². The highest BCUT2D eigenvalue weighted by Gasteiger charge is 2.00. The molecule has 5 rings (SSSR count). The molecule has 0 fully saturated rings. The quantitative estimate of drug-likeness (QED) is 0.392. The summed E-state index contributed by atoms with van der Waals surface area (Å²) in [7, 11) is 0. The Morgan fingerprint density at radius 1 is 0.724 bits per heavy atom. The van der Waals surface area contributed by atoms with Crippen LogP contribution in [0.4, 0.5) is 0 Å². The Labute approximate surface area is 170 Å². The lowest BCUT2D eigenvalue weighted by molar-refractivity contribution is 1.20. The summed E-state index contributed by atoms with van der Waals surface area (Å²) < 4.78 is 0. The third-order valence-corrected chi connectivity index (χ3v) is 5.17. The monoisotopic (exact) mass is 372 g/mol. The molecule has 0 spiro atoms. The van der Waals surface area contributed by atoms with Crippen molar-refractivity contribution < 1.29 is 0 Å². The van der Waals surface area contributed by atoms with Crippen molar-refractivity contribution >= 4 is 21.8 Å². The Morgan fingerprint density at radius 2 is 1.59 bits per heavy atom. The zero-order valence-electron chi connectivity index (χ0n) is 16.0. The zero-order valence-corrected chi connectivity index (χ0v) is 16.0. The van der Waals surface area contributed by atoms with E-state index in [-0.39, 0.29) is 0 Å². The molecule has 2 heteroatoms. The second kappa shape index (κ2) is 7.66. The number of hydrogen-bond donors (Lipinski definition) is 1. The maximum atomic E-state index is 4.26. The Morgan fingerprint density at radius 3 is 2.52 bits per heavy atom. The van der Waals surface area contributed by atoms with Gasteiger partial charge in [-0.25, -0.2) is 4.98 Å². The van der Waals surface area contributed by atoms with Crippen LogP contribution < -0.4 is 0 Å². The fourth-order valence-electron chi connectivity index (χ4n) is 3.66. The SMILES string of the molecule is C(#Cc1ccc2ccc(Cc3ccccc3)cc2c1)Cc1ccc2nc[nH]c2c1. The smallest absolute Gasteiger partial charge is 0.0931 e. The number of benzene rings is 4. The van der Waals surface area contributed by atoms with E-state index in [4.69, 9.17) is 0 Å². The molecule has 0 unspecified atom stereocenters. The molecule has 0 saturated heterocycles. The van der Waals surface area contributed by atoms with E-state index in [1.54, 1.807) is 6.33 Å². The summed E-state index contributed by atoms with van der Waals surface area (Å²) in [6.07, 6.45) is 3.39. The maximum Gasteiger partial charge on any atom is 0.0931 e. The summed E-state index contributed by atoms with van der Waals surface area (Å²) in [5.74, 6) is 6.63. The van der Waals surface area contributed by atoms with Crippen molar-refractivity contribution in [2.24, 2.45) is 0 Å². The maximum absolute atomic E-state index is 4.26. The normalized spacial score (nSPS) is 10.8. The van der Waals surface area contributed by atoms with Gasteiger partial charge < -0.3 is 4.98 Å². The average Bonchev–Trinajstić information content (AvgIpc) is 3.22. The van der Waals surface area contributed by atoms with Gasteiger partial charge in [0.05, 0.1) is 17.4 Å². The number of nitrogens with zero attached hydrogens (tertiary/aromatic N) is 1. The van der Waals surface area contributed by atoms with Crippen molar-refractivity contribution in [1.82, 2.24) is 9.97 Å². The molecule has 0 aliphatic carbocycles. The molecule has 5 aromatic rings. The molecule has 2 nitrogen and oxygen atoms in total. The van der Waals surface area contributed by atoms with E-state index in [1.165, 1.54) is 27.5 Å². The van der Waals surface area contributed by atoms with E-state index in [0.29, 0.717) is 0 Å². The van der Waals surface area contributed by atoms with Crippen LogP contribution in [0.15, 0.2) is 91.3 Å². The summed E-state index contributed by atoms with van der Waals surface area (Å²) in [5.41, 5.74) is 6.94. The first-order valence-electron chi connectivity index (χ1n) is 9.81. The minimum Gasteiger partial charge on any atom is -0.345 e. The van der Waals surface area contributed by atoms with Crippen molar-refractivity contribution in [2.75, 3.05) is 0 Å². The molecular weight excluding hydrogens is 352 g/mol. The Bertz CT molecular complexity index is 1350. The van der Waals surface area contributed by atoms with Crippen molar-refractivity contribution in [3.63, 3.8) is 0 Å². The van der Waals surface area contributed by atoms with Gasteiger partial charge in [-0.15, -0.1) is 0 Å². The van der Waals surface area contributed by atoms with Gasteiger partial charge in [-0.2, -0.15) is 0 Å². The molecule has 0 radical (unpaired) electrons. The van der Waals surface area contributed by atoms with Crippen LogP contribution in [0.2, 0.25) is 0 Å². The zero-order chi connectivity index (χ0) is 19.5. The van der Waals surface area contributed by atoms with Gasteiger partial charge in [0.15, 0.2) is 0 Å². The fraction of sp³-hybridized carbons (Fsp3) is 0.0741. The Hall–Kier alpha value is -3.83. The summed E-state index contributed by atoms with van der Waals surface area (Å²) in [6, 6.07) is 30.0. The number of imidazole rings is 1. The van der Waals surface area contributed by atoms with Crippen LogP contribution in [0.3, 0.4) is 0 Å². The number of H-pyrrole nitrogens is 1. The van der Waals surface area contributed by atoms with Gasteiger partial charge in [0, 0.05) is 12.0 Å². The molecule has 29 heavy (non-hydrogen) atoms. The minimum atomic E-state index is 0.723. The number of aromatic amines is 1. The molecular formula is C27H20N2. The summed E-state index contributed by atoms with van der Waals surface area (Å²) in [6.45, 7) is 0. The fourth-order valence-corrected chi connectivity index (χ4v) is 3.66. The van der Waals surface area contributed by atoms with Crippen LogP contribution in [0.5, 0.6) is 0 Å². The molecule has 4 aromatic carbocycles. The molecule has 0 aliphatic heterocycles. The van der Waals surface area contributed by atoms with Crippen molar-refractivity contribution in [3.8, 4) is 11.8 Å². The van der Waals surface area contributed by atoms with E-state index >= 15 is 0 Å². The van der Waals surface area contributed by atoms with Gasteiger partial charge in [-0.1, -0.05) is 72.5 Å². The van der Waals surface area contributed by atoms with Crippen molar-refractivity contribution in [2.45, 2.75) is 12.8 Å². The average molecular weight is 372 g/mol. The van der Waals surface area contributed by atoms with Crippen molar-refractivity contribution in [3.05, 3.63) is 114 Å². The number of nitrogens with one attached hydrogen (secondary N) is 1. The van der Waals surface area contributed by atoms with Crippen LogP contribution in [-0.4, -0.2) is 9.97 Å². The predicted molar refractivity (Wildman–Crippen MR) is 120 cm³/mol. The molecule has 1 heterocycles. The summed E-state index contributed by atoms with van der Waals surface area (Å²) in [5, 5.41) is 2.49. The van der Waals surface area contributed by atoms with Crippen LogP contribution in [0, 0.1) is 11.8 Å². The first kappa shape index (κ1) is 17.3. The van der Waals surface area contributed by atoms with Crippen molar-refractivity contribution in [1.29, 1.82) is 0 Å². The highest BCUT2D eigenvalue weighted by molar-refractivity contribution is 5.84. The lowest BCUT2D eigenvalue weighted by atomic mass is 10.00. The highest BCUT2D eigenvalue weighted by Crippen LogP contribution is 2.20. The first-order valence-corrected chi connectivity index (χ1v) is 9.81. The second-order valence-corrected chi connectivity index (χ2v) is 7.29. The minimum absolute atomic E-state index is 0.723. The van der Waals surface area contributed by atoms with Gasteiger partial charge in [0.1, 0.15) is 0 Å². The largest absolute Gasteiger partial charge is 0.345 e. The Balaban J connectivity index is 1.37. The molecule has 0 amide bonds. The van der Waals surface area contributed by atoms with E-state index in [1.807, 2.05) is 6.07 Å². The van der Waals surface area contributed by atoms with Crippen LogP contribution in [0.1, 0.15) is 22.3 Å².